The zero-order valence-corrected chi connectivity index (χ0v) is 22.1. The highest BCUT2D eigenvalue weighted by atomic mass is 32.2. The topological polar surface area (TPSA) is 78.7 Å². The Morgan fingerprint density at radius 2 is 1.80 bits per heavy atom. The quantitative estimate of drug-likeness (QED) is 0.502. The Morgan fingerprint density at radius 1 is 1.09 bits per heavy atom. The largest absolute Gasteiger partial charge is 0.441 e. The minimum absolute atomic E-state index is 0.00771. The molecule has 1 aromatic carbocycles. The molecule has 1 aliphatic carbocycles. The molecule has 2 fully saturated rings. The van der Waals surface area contributed by atoms with E-state index in [2.05, 4.69) is 20.1 Å². The molecule has 2 aromatic rings. The van der Waals surface area contributed by atoms with Crippen molar-refractivity contribution in [1.82, 2.24) is 20.1 Å². The maximum atomic E-state index is 12.6. The van der Waals surface area contributed by atoms with Crippen molar-refractivity contribution in [2.45, 2.75) is 64.2 Å². The lowest BCUT2D eigenvalue weighted by molar-refractivity contribution is -0.118. The van der Waals surface area contributed by atoms with Crippen LogP contribution < -0.4 is 5.32 Å². The molecule has 1 unspecified atom stereocenters. The van der Waals surface area contributed by atoms with Crippen molar-refractivity contribution in [3.05, 3.63) is 41.3 Å². The van der Waals surface area contributed by atoms with Crippen LogP contribution in [-0.2, 0) is 21.3 Å². The van der Waals surface area contributed by atoms with Gasteiger partial charge >= 0.3 is 0 Å². The van der Waals surface area contributed by atoms with Gasteiger partial charge in [0.25, 0.3) is 0 Å². The molecule has 1 saturated heterocycles. The van der Waals surface area contributed by atoms with Gasteiger partial charge in [-0.2, -0.15) is 0 Å². The summed E-state index contributed by atoms with van der Waals surface area (Å²) < 4.78 is 18.3. The Balaban J connectivity index is 1.12. The third-order valence-electron chi connectivity index (χ3n) is 7.25. The van der Waals surface area contributed by atoms with Crippen LogP contribution >= 0.6 is 0 Å². The fourth-order valence-corrected chi connectivity index (χ4v) is 6.18. The summed E-state index contributed by atoms with van der Waals surface area (Å²) >= 11 is 0. The van der Waals surface area contributed by atoms with E-state index in [1.165, 1.54) is 50.8 Å². The number of nitrogens with one attached hydrogen (secondary N) is 1. The molecule has 4 rings (SSSR count). The first-order valence-corrected chi connectivity index (χ1v) is 14.6. The number of aromatic nitrogens is 1. The summed E-state index contributed by atoms with van der Waals surface area (Å²) in [6.45, 7) is 10.1. The molecule has 1 N–H and O–H groups in total. The third kappa shape index (κ3) is 7.72. The number of carbonyl (C=O) groups is 1. The summed E-state index contributed by atoms with van der Waals surface area (Å²) in [7, 11) is -1.33. The van der Waals surface area contributed by atoms with Gasteiger partial charge in [0.1, 0.15) is 11.5 Å². The van der Waals surface area contributed by atoms with Crippen LogP contribution in [0.4, 0.5) is 0 Å². The van der Waals surface area contributed by atoms with Crippen LogP contribution in [0, 0.1) is 13.8 Å². The van der Waals surface area contributed by atoms with Gasteiger partial charge < -0.3 is 14.6 Å². The van der Waals surface area contributed by atoms with E-state index in [1.807, 2.05) is 38.1 Å². The highest BCUT2D eigenvalue weighted by molar-refractivity contribution is 7.84. The van der Waals surface area contributed by atoms with Gasteiger partial charge in [0, 0.05) is 55.1 Å². The van der Waals surface area contributed by atoms with Crippen molar-refractivity contribution in [2.75, 3.05) is 45.0 Å². The first-order valence-electron chi connectivity index (χ1n) is 13.1. The second kappa shape index (κ2) is 12.8. The summed E-state index contributed by atoms with van der Waals surface area (Å²) in [4.78, 5) is 22.0. The van der Waals surface area contributed by atoms with E-state index in [1.54, 1.807) is 0 Å². The standard InChI is InChI=1S/C27H40N4O3S/c1-21-9-11-23(12-10-21)27-29-25(22(2)34-27)19-35(33)20-26(32)28-13-6-14-30-15-17-31(18-16-30)24-7-4-3-5-8-24/h9-12,24H,3-8,13-20H2,1-2H3,(H,28,32). The molecule has 1 saturated carbocycles. The lowest BCUT2D eigenvalue weighted by Crippen LogP contribution is -2.51. The number of benzene rings is 1. The van der Waals surface area contributed by atoms with Gasteiger partial charge in [-0.15, -0.1) is 0 Å². The van der Waals surface area contributed by atoms with Crippen molar-refractivity contribution in [3.8, 4) is 11.5 Å². The maximum Gasteiger partial charge on any atom is 0.232 e. The normalized spacial score (nSPS) is 19.0. The van der Waals surface area contributed by atoms with Gasteiger partial charge in [0.05, 0.1) is 11.4 Å². The van der Waals surface area contributed by atoms with Gasteiger partial charge in [0.2, 0.25) is 11.8 Å². The van der Waals surface area contributed by atoms with Crippen molar-refractivity contribution < 1.29 is 13.4 Å². The molecular weight excluding hydrogens is 460 g/mol. The van der Waals surface area contributed by atoms with Crippen LogP contribution in [0.3, 0.4) is 0 Å². The SMILES string of the molecule is Cc1ccc(-c2nc(CS(=O)CC(=O)NCCCN3CCN(C4CCCCC4)CC3)c(C)o2)cc1. The Labute approximate surface area is 212 Å². The number of rotatable bonds is 10. The van der Waals surface area contributed by atoms with Crippen LogP contribution in [0.2, 0.25) is 0 Å². The molecule has 7 nitrogen and oxygen atoms in total. The summed E-state index contributed by atoms with van der Waals surface area (Å²) in [5.41, 5.74) is 2.71. The van der Waals surface area contributed by atoms with E-state index in [4.69, 9.17) is 4.42 Å². The molecule has 2 aliphatic rings. The van der Waals surface area contributed by atoms with E-state index in [-0.39, 0.29) is 17.4 Å². The van der Waals surface area contributed by atoms with Gasteiger partial charge in [-0.1, -0.05) is 37.0 Å². The van der Waals surface area contributed by atoms with E-state index in [0.29, 0.717) is 23.9 Å². The number of oxazole rings is 1. The molecule has 1 amide bonds. The molecule has 1 aromatic heterocycles. The average molecular weight is 501 g/mol. The number of hydrogen-bond donors (Lipinski definition) is 1. The van der Waals surface area contributed by atoms with Crippen LogP contribution in [0.5, 0.6) is 0 Å². The number of aryl methyl sites for hydroxylation is 2. The molecule has 1 aliphatic heterocycles. The van der Waals surface area contributed by atoms with Crippen LogP contribution in [0.1, 0.15) is 55.5 Å². The van der Waals surface area contributed by atoms with Gasteiger partial charge in [-0.3, -0.25) is 13.9 Å². The first kappa shape index (κ1) is 26.0. The summed E-state index contributed by atoms with van der Waals surface area (Å²) in [5.74, 6) is 1.23. The predicted octanol–water partition coefficient (Wildman–Crippen LogP) is 3.66. The minimum Gasteiger partial charge on any atom is -0.441 e. The van der Waals surface area contributed by atoms with E-state index in [9.17, 15) is 9.00 Å². The summed E-state index contributed by atoms with van der Waals surface area (Å²) in [6.07, 6.45) is 7.85. The van der Waals surface area contributed by atoms with Crippen LogP contribution in [0.15, 0.2) is 28.7 Å². The summed E-state index contributed by atoms with van der Waals surface area (Å²) in [6, 6.07) is 8.75. The molecule has 2 heterocycles. The zero-order chi connectivity index (χ0) is 24.6. The monoisotopic (exact) mass is 500 g/mol. The molecule has 35 heavy (non-hydrogen) atoms. The fourth-order valence-electron chi connectivity index (χ4n) is 5.11. The highest BCUT2D eigenvalue weighted by Gasteiger charge is 2.24. The van der Waals surface area contributed by atoms with Gasteiger partial charge in [-0.25, -0.2) is 4.98 Å². The average Bonchev–Trinajstić information content (AvgIpc) is 3.23. The Bertz CT molecular complexity index is 977. The fraction of sp³-hybridized carbons (Fsp3) is 0.630. The van der Waals surface area contributed by atoms with E-state index >= 15 is 0 Å². The van der Waals surface area contributed by atoms with Gasteiger partial charge in [0.15, 0.2) is 0 Å². The van der Waals surface area contributed by atoms with Crippen molar-refractivity contribution in [2.24, 2.45) is 0 Å². The highest BCUT2D eigenvalue weighted by Crippen LogP contribution is 2.24. The second-order valence-corrected chi connectivity index (χ2v) is 11.4. The molecular formula is C27H40N4O3S. The minimum atomic E-state index is -1.33. The van der Waals surface area contributed by atoms with Crippen LogP contribution in [0.25, 0.3) is 11.5 Å². The molecule has 1 atom stereocenters. The number of amides is 1. The molecule has 8 heteroatoms. The van der Waals surface area contributed by atoms with Crippen molar-refractivity contribution >= 4 is 16.7 Å². The third-order valence-corrected chi connectivity index (χ3v) is 8.43. The lowest BCUT2D eigenvalue weighted by Gasteiger charge is -2.40. The molecule has 0 bridgehead atoms. The van der Waals surface area contributed by atoms with E-state index < -0.39 is 10.8 Å². The van der Waals surface area contributed by atoms with E-state index in [0.717, 1.165) is 37.7 Å². The molecule has 192 valence electrons. The number of carbonyl (C=O) groups excluding carboxylic acids is 1. The molecule has 0 radical (unpaired) electrons. The molecule has 0 spiro atoms. The van der Waals surface area contributed by atoms with Crippen molar-refractivity contribution in [1.29, 1.82) is 0 Å². The number of hydrogen-bond acceptors (Lipinski definition) is 6. The Morgan fingerprint density at radius 3 is 2.51 bits per heavy atom. The van der Waals surface area contributed by atoms with Crippen molar-refractivity contribution in [3.63, 3.8) is 0 Å². The number of piperazine rings is 1. The lowest BCUT2D eigenvalue weighted by atomic mass is 9.94. The Kier molecular flexibility index (Phi) is 9.52. The van der Waals surface area contributed by atoms with Crippen LogP contribution in [-0.4, -0.2) is 76.0 Å². The zero-order valence-electron chi connectivity index (χ0n) is 21.3. The number of nitrogens with zero attached hydrogens (tertiary/aromatic N) is 3. The Hall–Kier alpha value is -2.03. The first-order chi connectivity index (χ1) is 17.0. The second-order valence-electron chi connectivity index (χ2n) is 9.99. The van der Waals surface area contributed by atoms with Gasteiger partial charge in [-0.05, 0) is 51.8 Å². The summed E-state index contributed by atoms with van der Waals surface area (Å²) in [5, 5.41) is 2.94. The predicted molar refractivity (Wildman–Crippen MR) is 141 cm³/mol. The maximum absolute atomic E-state index is 12.6. The smallest absolute Gasteiger partial charge is 0.232 e.